The second-order valence-electron chi connectivity index (χ2n) is 5.62. The molecule has 0 aromatic carbocycles. The van der Waals surface area contributed by atoms with Crippen LogP contribution >= 0.6 is 0 Å². The van der Waals surface area contributed by atoms with Gasteiger partial charge in [0.15, 0.2) is 5.82 Å². The Labute approximate surface area is 119 Å². The fraction of sp³-hybridized carbons (Fsp3) is 0.786. The zero-order valence-electron chi connectivity index (χ0n) is 12.3. The lowest BCUT2D eigenvalue weighted by molar-refractivity contribution is -0.119. The van der Waals surface area contributed by atoms with Gasteiger partial charge in [-0.15, -0.1) is 0 Å². The van der Waals surface area contributed by atoms with Crippen molar-refractivity contribution < 1.29 is 9.32 Å². The number of aromatic nitrogens is 2. The number of piperidine rings is 1. The summed E-state index contributed by atoms with van der Waals surface area (Å²) < 4.78 is 5.35. The summed E-state index contributed by atoms with van der Waals surface area (Å²) in [6.07, 6.45) is 4.39. The normalized spacial score (nSPS) is 19.1. The van der Waals surface area contributed by atoms with E-state index in [-0.39, 0.29) is 11.9 Å². The average molecular weight is 280 g/mol. The second-order valence-corrected chi connectivity index (χ2v) is 5.62. The molecule has 2 N–H and O–H groups in total. The van der Waals surface area contributed by atoms with Gasteiger partial charge in [0.25, 0.3) is 0 Å². The standard InChI is InChI=1S/C14H24N4O2/c1-3-4-13-16-14(20-17-13)10(2)18-7-5-11(6-8-18)9-12(15)19/h10-11H,3-9H2,1-2H3,(H2,15,19)/t10-/m1/s1. The summed E-state index contributed by atoms with van der Waals surface area (Å²) in [4.78, 5) is 17.7. The number of hydrogen-bond acceptors (Lipinski definition) is 5. The molecule has 2 rings (SSSR count). The van der Waals surface area contributed by atoms with Crippen LogP contribution in [0.4, 0.5) is 0 Å². The molecule has 0 spiro atoms. The minimum absolute atomic E-state index is 0.141. The average Bonchev–Trinajstić information content (AvgIpc) is 2.87. The molecule has 1 fully saturated rings. The number of hydrogen-bond donors (Lipinski definition) is 1. The van der Waals surface area contributed by atoms with E-state index in [1.54, 1.807) is 0 Å². The number of nitrogens with two attached hydrogens (primary N) is 1. The highest BCUT2D eigenvalue weighted by Crippen LogP contribution is 2.27. The lowest BCUT2D eigenvalue weighted by atomic mass is 9.92. The second kappa shape index (κ2) is 6.83. The van der Waals surface area contributed by atoms with E-state index in [2.05, 4.69) is 28.9 Å². The Bertz CT molecular complexity index is 438. The van der Waals surface area contributed by atoms with Crippen LogP contribution < -0.4 is 5.73 Å². The van der Waals surface area contributed by atoms with E-state index >= 15 is 0 Å². The molecule has 0 radical (unpaired) electrons. The molecule has 2 heterocycles. The van der Waals surface area contributed by atoms with Crippen molar-refractivity contribution in [1.82, 2.24) is 15.0 Å². The Balaban J connectivity index is 1.87. The lowest BCUT2D eigenvalue weighted by Gasteiger charge is -2.34. The van der Waals surface area contributed by atoms with Crippen LogP contribution in [0.25, 0.3) is 0 Å². The van der Waals surface area contributed by atoms with Gasteiger partial charge < -0.3 is 10.3 Å². The molecule has 6 heteroatoms. The van der Waals surface area contributed by atoms with E-state index in [4.69, 9.17) is 10.3 Å². The predicted molar refractivity (Wildman–Crippen MR) is 74.8 cm³/mol. The zero-order valence-corrected chi connectivity index (χ0v) is 12.3. The highest BCUT2D eigenvalue weighted by molar-refractivity contribution is 5.73. The Hall–Kier alpha value is -1.43. The van der Waals surface area contributed by atoms with Gasteiger partial charge in [-0.1, -0.05) is 12.1 Å². The molecular formula is C14H24N4O2. The molecular weight excluding hydrogens is 256 g/mol. The van der Waals surface area contributed by atoms with E-state index in [9.17, 15) is 4.79 Å². The molecule has 0 aliphatic carbocycles. The van der Waals surface area contributed by atoms with Crippen LogP contribution in [-0.4, -0.2) is 34.0 Å². The van der Waals surface area contributed by atoms with Crippen molar-refractivity contribution in [3.05, 3.63) is 11.7 Å². The van der Waals surface area contributed by atoms with Gasteiger partial charge >= 0.3 is 0 Å². The quantitative estimate of drug-likeness (QED) is 0.856. The summed E-state index contributed by atoms with van der Waals surface area (Å²) in [6, 6.07) is 0.141. The maximum atomic E-state index is 10.9. The van der Waals surface area contributed by atoms with E-state index in [0.717, 1.165) is 44.6 Å². The zero-order chi connectivity index (χ0) is 14.5. The number of nitrogens with zero attached hydrogens (tertiary/aromatic N) is 3. The van der Waals surface area contributed by atoms with E-state index in [1.807, 2.05) is 0 Å². The monoisotopic (exact) mass is 280 g/mol. The van der Waals surface area contributed by atoms with Crippen LogP contribution in [0.1, 0.15) is 57.3 Å². The first-order chi connectivity index (χ1) is 9.60. The van der Waals surface area contributed by atoms with Crippen LogP contribution in [0.2, 0.25) is 0 Å². The fourth-order valence-electron chi connectivity index (χ4n) is 2.75. The molecule has 1 atom stereocenters. The fourth-order valence-corrected chi connectivity index (χ4v) is 2.75. The number of rotatable bonds is 6. The van der Waals surface area contributed by atoms with Crippen molar-refractivity contribution in [2.75, 3.05) is 13.1 Å². The summed E-state index contributed by atoms with van der Waals surface area (Å²) in [5, 5.41) is 4.00. The van der Waals surface area contributed by atoms with Gasteiger partial charge in [-0.05, 0) is 45.2 Å². The Morgan fingerprint density at radius 3 is 2.80 bits per heavy atom. The Morgan fingerprint density at radius 2 is 2.20 bits per heavy atom. The highest BCUT2D eigenvalue weighted by atomic mass is 16.5. The summed E-state index contributed by atoms with van der Waals surface area (Å²) in [5.74, 6) is 1.71. The molecule has 1 aromatic heterocycles. The molecule has 20 heavy (non-hydrogen) atoms. The molecule has 0 saturated carbocycles. The van der Waals surface area contributed by atoms with Crippen molar-refractivity contribution in [1.29, 1.82) is 0 Å². The van der Waals surface area contributed by atoms with Crippen molar-refractivity contribution in [3.8, 4) is 0 Å². The highest BCUT2D eigenvalue weighted by Gasteiger charge is 2.27. The smallest absolute Gasteiger partial charge is 0.243 e. The van der Waals surface area contributed by atoms with E-state index in [1.165, 1.54) is 0 Å². The first-order valence-corrected chi connectivity index (χ1v) is 7.45. The maximum absolute atomic E-state index is 10.9. The van der Waals surface area contributed by atoms with E-state index in [0.29, 0.717) is 18.2 Å². The van der Waals surface area contributed by atoms with E-state index < -0.39 is 0 Å². The van der Waals surface area contributed by atoms with Crippen LogP contribution in [0, 0.1) is 5.92 Å². The third kappa shape index (κ3) is 3.79. The minimum atomic E-state index is -0.197. The first-order valence-electron chi connectivity index (χ1n) is 7.45. The van der Waals surface area contributed by atoms with Crippen LogP contribution in [0.5, 0.6) is 0 Å². The number of aryl methyl sites for hydroxylation is 1. The molecule has 1 amide bonds. The topological polar surface area (TPSA) is 85.3 Å². The van der Waals surface area contributed by atoms with Crippen LogP contribution in [0.3, 0.4) is 0 Å². The number of carbonyl (C=O) groups excluding carboxylic acids is 1. The van der Waals surface area contributed by atoms with Gasteiger partial charge in [-0.25, -0.2) is 0 Å². The molecule has 1 aliphatic heterocycles. The van der Waals surface area contributed by atoms with Gasteiger partial charge in [0.2, 0.25) is 11.8 Å². The van der Waals surface area contributed by atoms with Crippen molar-refractivity contribution in [2.45, 2.75) is 52.0 Å². The third-order valence-corrected chi connectivity index (χ3v) is 4.00. The van der Waals surface area contributed by atoms with Gasteiger partial charge in [0.1, 0.15) is 0 Å². The van der Waals surface area contributed by atoms with Gasteiger partial charge in [0.05, 0.1) is 6.04 Å². The molecule has 1 aromatic rings. The minimum Gasteiger partial charge on any atom is -0.370 e. The largest absolute Gasteiger partial charge is 0.370 e. The maximum Gasteiger partial charge on any atom is 0.243 e. The SMILES string of the molecule is CCCc1noc([C@@H](C)N2CCC(CC(N)=O)CC2)n1. The molecule has 1 aliphatic rings. The summed E-state index contributed by atoms with van der Waals surface area (Å²) >= 11 is 0. The molecule has 6 nitrogen and oxygen atoms in total. The third-order valence-electron chi connectivity index (χ3n) is 4.00. The van der Waals surface area contributed by atoms with Crippen molar-refractivity contribution in [3.63, 3.8) is 0 Å². The molecule has 0 bridgehead atoms. The van der Waals surface area contributed by atoms with Crippen molar-refractivity contribution >= 4 is 5.91 Å². The number of likely N-dealkylation sites (tertiary alicyclic amines) is 1. The number of primary amides is 1. The molecule has 0 unspecified atom stereocenters. The molecule has 1 saturated heterocycles. The summed E-state index contributed by atoms with van der Waals surface area (Å²) in [6.45, 7) is 6.09. The Morgan fingerprint density at radius 1 is 1.50 bits per heavy atom. The number of carbonyl (C=O) groups is 1. The van der Waals surface area contributed by atoms with Gasteiger partial charge in [0, 0.05) is 12.8 Å². The van der Waals surface area contributed by atoms with Gasteiger partial charge in [-0.2, -0.15) is 4.98 Å². The lowest BCUT2D eigenvalue weighted by Crippen LogP contribution is -2.36. The van der Waals surface area contributed by atoms with Crippen molar-refractivity contribution in [2.24, 2.45) is 11.7 Å². The molecule has 112 valence electrons. The summed E-state index contributed by atoms with van der Waals surface area (Å²) in [7, 11) is 0. The van der Waals surface area contributed by atoms with Crippen LogP contribution in [-0.2, 0) is 11.2 Å². The van der Waals surface area contributed by atoms with Crippen LogP contribution in [0.15, 0.2) is 4.52 Å². The summed E-state index contributed by atoms with van der Waals surface area (Å²) in [5.41, 5.74) is 5.25. The van der Waals surface area contributed by atoms with Gasteiger partial charge in [-0.3, -0.25) is 9.69 Å². The number of amides is 1. The Kier molecular flexibility index (Phi) is 5.11. The predicted octanol–water partition coefficient (Wildman–Crippen LogP) is 1.67. The first kappa shape index (κ1) is 15.0.